The topological polar surface area (TPSA) is 69.8 Å². The fourth-order valence-electron chi connectivity index (χ4n) is 3.74. The van der Waals surface area contributed by atoms with E-state index in [0.29, 0.717) is 39.3 Å². The molecule has 0 unspecified atom stereocenters. The van der Waals surface area contributed by atoms with Gasteiger partial charge in [0, 0.05) is 13.8 Å². The number of hydrogen-bond acceptors (Lipinski definition) is 4. The molecule has 2 aliphatic heterocycles. The van der Waals surface area contributed by atoms with Crippen LogP contribution in [0.2, 0.25) is 0 Å². The summed E-state index contributed by atoms with van der Waals surface area (Å²) >= 11 is 0. The fraction of sp³-hybridized carbons (Fsp3) is 0.0833. The van der Waals surface area contributed by atoms with E-state index in [0.717, 1.165) is 5.52 Å². The summed E-state index contributed by atoms with van der Waals surface area (Å²) in [4.78, 5) is 33.9. The Kier molecular flexibility index (Phi) is 3.81. The normalized spacial score (nSPS) is 12.8. The lowest BCUT2D eigenvalue weighted by Gasteiger charge is -2.00. The van der Waals surface area contributed by atoms with Crippen molar-refractivity contribution in [2.45, 2.75) is 13.8 Å². The molecule has 0 amide bonds. The number of aromatic nitrogens is 4. The third kappa shape index (κ3) is 3.08. The molecule has 0 aliphatic carbocycles. The van der Waals surface area contributed by atoms with Gasteiger partial charge in [0.2, 0.25) is 11.8 Å². The largest absolute Gasteiger partial charge is 0.281 e. The van der Waals surface area contributed by atoms with Crippen LogP contribution < -0.4 is 0 Å². The van der Waals surface area contributed by atoms with E-state index in [4.69, 9.17) is 1.37 Å². The number of carbonyl (C=O) groups is 2. The van der Waals surface area contributed by atoms with Crippen LogP contribution in [-0.4, -0.2) is 30.9 Å². The molecule has 0 saturated carbocycles. The maximum atomic E-state index is 12.4. The smallest absolute Gasteiger partial charge is 0.228 e. The van der Waals surface area contributed by atoms with E-state index in [9.17, 15) is 9.59 Å². The highest BCUT2D eigenvalue weighted by Crippen LogP contribution is 2.20. The Morgan fingerprint density at radius 3 is 1.47 bits per heavy atom. The molecule has 0 radical (unpaired) electrons. The Morgan fingerprint density at radius 1 is 0.667 bits per heavy atom. The van der Waals surface area contributed by atoms with E-state index in [2.05, 4.69) is 9.97 Å². The van der Waals surface area contributed by atoms with Crippen molar-refractivity contribution < 1.29 is 11.0 Å². The summed E-state index contributed by atoms with van der Waals surface area (Å²) in [5.74, 6) is -0.302. The standard InChI is InChI=1S/C24H18N4O2/c1-15(29)27-21-7-8-22(27)12-18-4-6-20(26-18)14-24-10-9-23(28(24)16(2)30)13-19-5-3-17(11-21)25-19/h3-14H,1-2H3/i7D. The molecule has 2 aliphatic rings. The minimum absolute atomic E-state index is 0.107. The van der Waals surface area contributed by atoms with Crippen molar-refractivity contribution in [3.05, 3.63) is 71.3 Å². The van der Waals surface area contributed by atoms with Crippen LogP contribution >= 0.6 is 0 Å². The first-order chi connectivity index (χ1) is 14.9. The first-order valence-electron chi connectivity index (χ1n) is 10.0. The van der Waals surface area contributed by atoms with Crippen LogP contribution in [0.1, 0.15) is 47.6 Å². The van der Waals surface area contributed by atoms with Crippen LogP contribution in [-0.2, 0) is 0 Å². The summed E-state index contributed by atoms with van der Waals surface area (Å²) in [5, 5.41) is 0. The van der Waals surface area contributed by atoms with Crippen LogP contribution in [0.25, 0.3) is 46.4 Å². The lowest BCUT2D eigenvalue weighted by Crippen LogP contribution is -2.04. The van der Waals surface area contributed by atoms with Crippen molar-refractivity contribution in [3.8, 4) is 0 Å². The van der Waals surface area contributed by atoms with Gasteiger partial charge in [-0.25, -0.2) is 9.97 Å². The van der Waals surface area contributed by atoms with Gasteiger partial charge in [0.05, 0.1) is 46.2 Å². The van der Waals surface area contributed by atoms with Gasteiger partial charge in [0.1, 0.15) is 0 Å². The molecular formula is C24H18N4O2. The van der Waals surface area contributed by atoms with Crippen molar-refractivity contribution in [2.24, 2.45) is 0 Å². The minimum Gasteiger partial charge on any atom is -0.281 e. The van der Waals surface area contributed by atoms with Crippen LogP contribution in [0.4, 0.5) is 0 Å². The average Bonchev–Trinajstić information content (AvgIpc) is 3.46. The predicted molar refractivity (Wildman–Crippen MR) is 119 cm³/mol. The molecule has 146 valence electrons. The predicted octanol–water partition coefficient (Wildman–Crippen LogP) is 4.92. The van der Waals surface area contributed by atoms with Gasteiger partial charge in [0.15, 0.2) is 0 Å². The number of carbonyl (C=O) groups excluding carboxylic acids is 2. The first kappa shape index (κ1) is 16.9. The lowest BCUT2D eigenvalue weighted by atomic mass is 10.3. The Labute approximate surface area is 173 Å². The second-order valence-electron chi connectivity index (χ2n) is 7.16. The summed E-state index contributed by atoms with van der Waals surface area (Å²) in [5.41, 5.74) is 5.13. The second kappa shape index (κ2) is 6.77. The third-order valence-corrected chi connectivity index (χ3v) is 4.98. The van der Waals surface area contributed by atoms with Crippen molar-refractivity contribution in [3.63, 3.8) is 0 Å². The third-order valence-electron chi connectivity index (χ3n) is 4.98. The van der Waals surface area contributed by atoms with Crippen LogP contribution in [0.15, 0.2) is 48.5 Å². The number of hydrogen-bond donors (Lipinski definition) is 0. The number of nitrogens with zero attached hydrogens (tertiary/aromatic N) is 4. The van der Waals surface area contributed by atoms with Crippen LogP contribution in [0.3, 0.4) is 0 Å². The molecule has 3 aromatic heterocycles. The lowest BCUT2D eigenvalue weighted by molar-refractivity contribution is 0.0937. The highest BCUT2D eigenvalue weighted by atomic mass is 16.2. The first-order valence-corrected chi connectivity index (χ1v) is 9.51. The van der Waals surface area contributed by atoms with Gasteiger partial charge in [0.25, 0.3) is 0 Å². The van der Waals surface area contributed by atoms with E-state index >= 15 is 0 Å². The Balaban J connectivity index is 1.95. The molecule has 5 heterocycles. The van der Waals surface area contributed by atoms with Gasteiger partial charge in [-0.2, -0.15) is 0 Å². The summed E-state index contributed by atoms with van der Waals surface area (Å²) in [6.07, 6.45) is 7.36. The Morgan fingerprint density at radius 2 is 1.03 bits per heavy atom. The quantitative estimate of drug-likeness (QED) is 0.373. The summed E-state index contributed by atoms with van der Waals surface area (Å²) < 4.78 is 11.5. The SMILES string of the molecule is [2H]c1cc2cc3nc(cc4ccc(cc5nc(cc1n2C(C)=O)C=C5)n4C(C)=O)C=C3. The molecule has 0 atom stereocenters. The molecule has 0 aromatic carbocycles. The molecule has 0 N–H and O–H groups in total. The van der Waals surface area contributed by atoms with Crippen LogP contribution in [0.5, 0.6) is 0 Å². The maximum absolute atomic E-state index is 12.4. The second-order valence-corrected chi connectivity index (χ2v) is 7.16. The molecule has 3 aromatic rings. The van der Waals surface area contributed by atoms with Crippen LogP contribution in [0, 0.1) is 0 Å². The molecule has 6 heteroatoms. The molecule has 8 bridgehead atoms. The number of rotatable bonds is 0. The zero-order valence-electron chi connectivity index (χ0n) is 17.5. The summed E-state index contributed by atoms with van der Waals surface area (Å²) in [6, 6.07) is 12.8. The van der Waals surface area contributed by atoms with Gasteiger partial charge >= 0.3 is 0 Å². The van der Waals surface area contributed by atoms with E-state index in [-0.39, 0.29) is 17.9 Å². The van der Waals surface area contributed by atoms with E-state index in [1.54, 1.807) is 22.8 Å². The van der Waals surface area contributed by atoms with Gasteiger partial charge < -0.3 is 0 Å². The van der Waals surface area contributed by atoms with E-state index < -0.39 is 0 Å². The molecule has 6 nitrogen and oxygen atoms in total. The van der Waals surface area contributed by atoms with Gasteiger partial charge in [-0.05, 0) is 72.8 Å². The van der Waals surface area contributed by atoms with Gasteiger partial charge in [-0.15, -0.1) is 0 Å². The Bertz CT molecular complexity index is 1510. The van der Waals surface area contributed by atoms with Crippen molar-refractivity contribution >= 4 is 58.2 Å². The molecule has 5 rings (SSSR count). The Hall–Kier alpha value is -4.06. The minimum atomic E-state index is -0.195. The molecule has 30 heavy (non-hydrogen) atoms. The monoisotopic (exact) mass is 395 g/mol. The van der Waals surface area contributed by atoms with Gasteiger partial charge in [-0.1, -0.05) is 0 Å². The highest BCUT2D eigenvalue weighted by Gasteiger charge is 2.09. The van der Waals surface area contributed by atoms with Crippen molar-refractivity contribution in [1.82, 2.24) is 19.1 Å². The zero-order valence-corrected chi connectivity index (χ0v) is 16.5. The zero-order chi connectivity index (χ0) is 21.7. The molecule has 0 spiro atoms. The highest BCUT2D eigenvalue weighted by molar-refractivity contribution is 5.91. The van der Waals surface area contributed by atoms with Crippen molar-refractivity contribution in [1.29, 1.82) is 0 Å². The maximum Gasteiger partial charge on any atom is 0.228 e. The van der Waals surface area contributed by atoms with E-state index in [1.807, 2.05) is 48.6 Å². The average molecular weight is 395 g/mol. The molecule has 0 saturated heterocycles. The molecular weight excluding hydrogens is 376 g/mol. The van der Waals surface area contributed by atoms with Gasteiger partial charge in [-0.3, -0.25) is 18.7 Å². The summed E-state index contributed by atoms with van der Waals surface area (Å²) in [6.45, 7) is 2.99. The number of fused-ring (bicyclic) bond motifs is 8. The fourth-order valence-corrected chi connectivity index (χ4v) is 3.74. The summed E-state index contributed by atoms with van der Waals surface area (Å²) in [7, 11) is 0. The van der Waals surface area contributed by atoms with Crippen molar-refractivity contribution in [2.75, 3.05) is 0 Å². The molecule has 0 fully saturated rings. The van der Waals surface area contributed by atoms with E-state index in [1.165, 1.54) is 18.4 Å².